The van der Waals surface area contributed by atoms with Gasteiger partial charge in [0, 0.05) is 25.5 Å². The minimum atomic E-state index is -0.436. The van der Waals surface area contributed by atoms with E-state index in [0.29, 0.717) is 12.1 Å². The van der Waals surface area contributed by atoms with Crippen molar-refractivity contribution < 1.29 is 9.90 Å². The molecule has 2 aliphatic heterocycles. The zero-order valence-electron chi connectivity index (χ0n) is 17.0. The molecule has 29 heavy (non-hydrogen) atoms. The molecule has 1 spiro atoms. The highest BCUT2D eigenvalue weighted by molar-refractivity contribution is 5.94. The van der Waals surface area contributed by atoms with Gasteiger partial charge >= 0.3 is 0 Å². The normalized spacial score (nSPS) is 22.0. The predicted octanol–water partition coefficient (Wildman–Crippen LogP) is 3.00. The fourth-order valence-electron chi connectivity index (χ4n) is 4.94. The van der Waals surface area contributed by atoms with Gasteiger partial charge in [0.1, 0.15) is 0 Å². The van der Waals surface area contributed by atoms with Crippen molar-refractivity contribution in [1.29, 1.82) is 0 Å². The molecule has 2 aromatic rings. The first-order chi connectivity index (χ1) is 14.1. The highest BCUT2D eigenvalue weighted by atomic mass is 16.3. The van der Waals surface area contributed by atoms with Crippen LogP contribution in [0.2, 0.25) is 0 Å². The first kappa shape index (κ1) is 20.0. The standard InChI is InChI=1S/C24H31N3O2/c28-22-16-24(19-27(18-22)23(29)21-9-4-12-25-17-21)10-14-26(15-11-24)13-5-8-20-6-2-1-3-7-20/h1-4,6-7,9,12,17,22,28H,5,8,10-11,13-16,18-19H2. The van der Waals surface area contributed by atoms with Crippen LogP contribution in [0.15, 0.2) is 54.9 Å². The van der Waals surface area contributed by atoms with Gasteiger partial charge in [-0.05, 0) is 74.8 Å². The minimum absolute atomic E-state index is 0.0125. The van der Waals surface area contributed by atoms with Crippen molar-refractivity contribution in [2.45, 2.75) is 38.2 Å². The Hall–Kier alpha value is -2.24. The molecule has 3 heterocycles. The molecule has 154 valence electrons. The summed E-state index contributed by atoms with van der Waals surface area (Å²) >= 11 is 0. The molecule has 1 aromatic heterocycles. The molecule has 0 bridgehead atoms. The monoisotopic (exact) mass is 393 g/mol. The average molecular weight is 394 g/mol. The smallest absolute Gasteiger partial charge is 0.255 e. The van der Waals surface area contributed by atoms with Gasteiger partial charge < -0.3 is 14.9 Å². The van der Waals surface area contributed by atoms with Gasteiger partial charge in [-0.3, -0.25) is 9.78 Å². The highest BCUT2D eigenvalue weighted by Crippen LogP contribution is 2.40. The molecule has 2 aliphatic rings. The Labute approximate surface area is 173 Å². The number of aromatic nitrogens is 1. The maximum atomic E-state index is 12.9. The van der Waals surface area contributed by atoms with Gasteiger partial charge in [-0.1, -0.05) is 30.3 Å². The Kier molecular flexibility index (Phi) is 6.26. The number of amides is 1. The molecule has 5 heteroatoms. The summed E-state index contributed by atoms with van der Waals surface area (Å²) in [4.78, 5) is 21.3. The van der Waals surface area contributed by atoms with Crippen LogP contribution >= 0.6 is 0 Å². The van der Waals surface area contributed by atoms with E-state index in [4.69, 9.17) is 0 Å². The van der Waals surface area contributed by atoms with Crippen molar-refractivity contribution in [1.82, 2.24) is 14.8 Å². The van der Waals surface area contributed by atoms with Crippen LogP contribution in [0.3, 0.4) is 0 Å². The lowest BCUT2D eigenvalue weighted by Crippen LogP contribution is -2.55. The Morgan fingerprint density at radius 1 is 1.14 bits per heavy atom. The molecule has 2 fully saturated rings. The number of nitrogens with zero attached hydrogens (tertiary/aromatic N) is 3. The molecule has 4 rings (SSSR count). The summed E-state index contributed by atoms with van der Waals surface area (Å²) < 4.78 is 0. The van der Waals surface area contributed by atoms with Gasteiger partial charge in [0.25, 0.3) is 5.91 Å². The number of aliphatic hydroxyl groups is 1. The number of hydrogen-bond acceptors (Lipinski definition) is 4. The van der Waals surface area contributed by atoms with Crippen LogP contribution in [0.1, 0.15) is 41.6 Å². The lowest BCUT2D eigenvalue weighted by atomic mass is 9.71. The first-order valence-corrected chi connectivity index (χ1v) is 10.8. The summed E-state index contributed by atoms with van der Waals surface area (Å²) in [6.45, 7) is 4.39. The second-order valence-corrected chi connectivity index (χ2v) is 8.72. The zero-order chi connectivity index (χ0) is 20.1. The van der Waals surface area contributed by atoms with Crippen molar-refractivity contribution in [3.63, 3.8) is 0 Å². The van der Waals surface area contributed by atoms with E-state index < -0.39 is 6.10 Å². The molecule has 0 aliphatic carbocycles. The number of carbonyl (C=O) groups is 1. The minimum Gasteiger partial charge on any atom is -0.391 e. The first-order valence-electron chi connectivity index (χ1n) is 10.8. The number of benzene rings is 1. The van der Waals surface area contributed by atoms with Crippen LogP contribution in [-0.4, -0.2) is 64.6 Å². The lowest BCUT2D eigenvalue weighted by molar-refractivity contribution is -0.0327. The SMILES string of the molecule is O=C(c1cccnc1)N1CC(O)CC2(CCN(CCCc3ccccc3)CC2)C1. The van der Waals surface area contributed by atoms with Crippen molar-refractivity contribution in [3.8, 4) is 0 Å². The van der Waals surface area contributed by atoms with E-state index >= 15 is 0 Å². The molecule has 5 nitrogen and oxygen atoms in total. The largest absolute Gasteiger partial charge is 0.391 e. The van der Waals surface area contributed by atoms with E-state index in [-0.39, 0.29) is 11.3 Å². The number of pyridine rings is 1. The topological polar surface area (TPSA) is 56.7 Å². The molecule has 2 saturated heterocycles. The third kappa shape index (κ3) is 5.03. The van der Waals surface area contributed by atoms with Crippen molar-refractivity contribution in [2.24, 2.45) is 5.41 Å². The van der Waals surface area contributed by atoms with E-state index in [1.54, 1.807) is 24.5 Å². The third-order valence-electron chi connectivity index (χ3n) is 6.52. The number of aliphatic hydroxyl groups excluding tert-OH is 1. The van der Waals surface area contributed by atoms with E-state index in [0.717, 1.165) is 51.9 Å². The number of carbonyl (C=O) groups excluding carboxylic acids is 1. The van der Waals surface area contributed by atoms with Crippen LogP contribution in [0.25, 0.3) is 0 Å². The van der Waals surface area contributed by atoms with Crippen LogP contribution in [-0.2, 0) is 6.42 Å². The number of piperidine rings is 2. The molecule has 0 radical (unpaired) electrons. The number of β-amino-alcohol motifs (C(OH)–C–C–N with tert-alkyl or cyclic N) is 1. The molecule has 1 unspecified atom stereocenters. The zero-order valence-corrected chi connectivity index (χ0v) is 17.0. The van der Waals surface area contributed by atoms with Crippen LogP contribution in [0.4, 0.5) is 0 Å². The maximum absolute atomic E-state index is 12.9. The molecule has 1 atom stereocenters. The highest BCUT2D eigenvalue weighted by Gasteiger charge is 2.42. The summed E-state index contributed by atoms with van der Waals surface area (Å²) in [6, 6.07) is 14.3. The van der Waals surface area contributed by atoms with Gasteiger partial charge in [0.15, 0.2) is 0 Å². The molecule has 1 amide bonds. The summed E-state index contributed by atoms with van der Waals surface area (Å²) in [7, 11) is 0. The van der Waals surface area contributed by atoms with E-state index in [1.807, 2.05) is 4.90 Å². The number of rotatable bonds is 5. The second kappa shape index (κ2) is 9.06. The van der Waals surface area contributed by atoms with E-state index in [9.17, 15) is 9.90 Å². The molecular formula is C24H31N3O2. The molecule has 0 saturated carbocycles. The maximum Gasteiger partial charge on any atom is 0.255 e. The summed E-state index contributed by atoms with van der Waals surface area (Å²) in [5.41, 5.74) is 2.06. The lowest BCUT2D eigenvalue weighted by Gasteiger charge is -2.49. The van der Waals surface area contributed by atoms with E-state index in [1.165, 1.54) is 12.0 Å². The Balaban J connectivity index is 1.30. The van der Waals surface area contributed by atoms with Gasteiger partial charge in [-0.15, -0.1) is 0 Å². The molecule has 1 N–H and O–H groups in total. The number of aryl methyl sites for hydroxylation is 1. The van der Waals surface area contributed by atoms with Gasteiger partial charge in [-0.2, -0.15) is 0 Å². The second-order valence-electron chi connectivity index (χ2n) is 8.72. The van der Waals surface area contributed by atoms with Crippen LogP contribution < -0.4 is 0 Å². The summed E-state index contributed by atoms with van der Waals surface area (Å²) in [6.07, 6.45) is 8.05. The van der Waals surface area contributed by atoms with Crippen LogP contribution in [0.5, 0.6) is 0 Å². The Morgan fingerprint density at radius 2 is 1.93 bits per heavy atom. The van der Waals surface area contributed by atoms with Gasteiger partial charge in [0.2, 0.25) is 0 Å². The average Bonchev–Trinajstić information content (AvgIpc) is 2.76. The molecule has 1 aromatic carbocycles. The van der Waals surface area contributed by atoms with Crippen molar-refractivity contribution in [3.05, 3.63) is 66.0 Å². The van der Waals surface area contributed by atoms with Crippen LogP contribution in [0, 0.1) is 5.41 Å². The predicted molar refractivity (Wildman–Crippen MR) is 114 cm³/mol. The third-order valence-corrected chi connectivity index (χ3v) is 6.52. The van der Waals surface area contributed by atoms with Crippen molar-refractivity contribution >= 4 is 5.91 Å². The Bertz CT molecular complexity index is 788. The van der Waals surface area contributed by atoms with Gasteiger partial charge in [-0.25, -0.2) is 0 Å². The van der Waals surface area contributed by atoms with E-state index in [2.05, 4.69) is 40.2 Å². The summed E-state index contributed by atoms with van der Waals surface area (Å²) in [5.74, 6) is -0.0125. The molecular weight excluding hydrogens is 362 g/mol. The summed E-state index contributed by atoms with van der Waals surface area (Å²) in [5, 5.41) is 10.5. The van der Waals surface area contributed by atoms with Crippen molar-refractivity contribution in [2.75, 3.05) is 32.7 Å². The fraction of sp³-hybridized carbons (Fsp3) is 0.500. The van der Waals surface area contributed by atoms with Gasteiger partial charge in [0.05, 0.1) is 11.7 Å². The number of hydrogen-bond donors (Lipinski definition) is 1. The fourth-order valence-corrected chi connectivity index (χ4v) is 4.94. The number of likely N-dealkylation sites (tertiary alicyclic amines) is 2. The quantitative estimate of drug-likeness (QED) is 0.848. The Morgan fingerprint density at radius 3 is 2.66 bits per heavy atom.